The zero-order valence-electron chi connectivity index (χ0n) is 7.04. The first-order chi connectivity index (χ1) is 5.74. The predicted molar refractivity (Wildman–Crippen MR) is 44.3 cm³/mol. The van der Waals surface area contributed by atoms with Gasteiger partial charge in [-0.25, -0.2) is 4.79 Å². The summed E-state index contributed by atoms with van der Waals surface area (Å²) in [5.74, 6) is -0.215. The molecule has 1 aromatic rings. The van der Waals surface area contributed by atoms with E-state index in [1.54, 1.807) is 6.07 Å². The van der Waals surface area contributed by atoms with Crippen LogP contribution in [0, 0.1) is 0 Å². The fourth-order valence-electron chi connectivity index (χ4n) is 0.978. The molecule has 0 aliphatic rings. The van der Waals surface area contributed by atoms with Gasteiger partial charge >= 0.3 is 5.97 Å². The zero-order chi connectivity index (χ0) is 8.97. The zero-order valence-corrected chi connectivity index (χ0v) is 7.04. The number of aryl methyl sites for hydroxylation is 1. The molecule has 1 N–H and O–H groups in total. The van der Waals surface area contributed by atoms with Crippen LogP contribution < -0.4 is 0 Å². The molecule has 0 saturated heterocycles. The van der Waals surface area contributed by atoms with E-state index in [0.29, 0.717) is 0 Å². The van der Waals surface area contributed by atoms with Crippen LogP contribution in [0.4, 0.5) is 0 Å². The second kappa shape index (κ2) is 3.95. The van der Waals surface area contributed by atoms with E-state index in [2.05, 4.69) is 6.92 Å². The molecule has 0 aromatic carbocycles. The van der Waals surface area contributed by atoms with E-state index in [1.165, 1.54) is 6.07 Å². The van der Waals surface area contributed by atoms with Gasteiger partial charge in [-0.05, 0) is 18.6 Å². The maximum atomic E-state index is 10.4. The standard InChI is InChI=1S/C9H12O3/c1-2-3-4-7-5-6-8(12-7)9(10)11/h5-6H,2-4H2,1H3,(H,10,11). The fraction of sp³-hybridized carbons (Fsp3) is 0.444. The quantitative estimate of drug-likeness (QED) is 0.750. The van der Waals surface area contributed by atoms with Gasteiger partial charge in [0, 0.05) is 6.42 Å². The minimum atomic E-state index is -1.00. The number of rotatable bonds is 4. The number of carboxylic acid groups (broad SMARTS) is 1. The Labute approximate surface area is 71.0 Å². The van der Waals surface area contributed by atoms with Crippen LogP contribution in [0.15, 0.2) is 16.5 Å². The average Bonchev–Trinajstić information content (AvgIpc) is 2.48. The highest BCUT2D eigenvalue weighted by Gasteiger charge is 2.07. The third kappa shape index (κ3) is 2.12. The fourth-order valence-corrected chi connectivity index (χ4v) is 0.978. The van der Waals surface area contributed by atoms with Crippen molar-refractivity contribution in [3.8, 4) is 0 Å². The molecule has 0 bridgehead atoms. The van der Waals surface area contributed by atoms with Gasteiger partial charge in [0.15, 0.2) is 0 Å². The van der Waals surface area contributed by atoms with Crippen molar-refractivity contribution in [1.82, 2.24) is 0 Å². The van der Waals surface area contributed by atoms with Crippen LogP contribution >= 0.6 is 0 Å². The van der Waals surface area contributed by atoms with Crippen molar-refractivity contribution in [1.29, 1.82) is 0 Å². The minimum Gasteiger partial charge on any atom is -0.475 e. The number of hydrogen-bond acceptors (Lipinski definition) is 2. The van der Waals surface area contributed by atoms with Gasteiger partial charge < -0.3 is 9.52 Å². The third-order valence-electron chi connectivity index (χ3n) is 1.65. The topological polar surface area (TPSA) is 50.4 Å². The van der Waals surface area contributed by atoms with E-state index < -0.39 is 5.97 Å². The summed E-state index contributed by atoms with van der Waals surface area (Å²) < 4.78 is 5.05. The van der Waals surface area contributed by atoms with Crippen LogP contribution in [0.1, 0.15) is 36.1 Å². The van der Waals surface area contributed by atoms with Gasteiger partial charge in [-0.3, -0.25) is 0 Å². The van der Waals surface area contributed by atoms with Gasteiger partial charge in [0.1, 0.15) is 5.76 Å². The van der Waals surface area contributed by atoms with Crippen molar-refractivity contribution < 1.29 is 14.3 Å². The van der Waals surface area contributed by atoms with Crippen LogP contribution in [-0.2, 0) is 6.42 Å². The number of hydrogen-bond donors (Lipinski definition) is 1. The van der Waals surface area contributed by atoms with Gasteiger partial charge in [0.2, 0.25) is 5.76 Å². The molecule has 3 nitrogen and oxygen atoms in total. The molecule has 0 fully saturated rings. The lowest BCUT2D eigenvalue weighted by atomic mass is 10.2. The van der Waals surface area contributed by atoms with Gasteiger partial charge in [0.25, 0.3) is 0 Å². The molecule has 1 rings (SSSR count). The van der Waals surface area contributed by atoms with E-state index in [9.17, 15) is 4.79 Å². The first-order valence-electron chi connectivity index (χ1n) is 4.06. The highest BCUT2D eigenvalue weighted by Crippen LogP contribution is 2.10. The molecule has 0 spiro atoms. The Balaban J connectivity index is 2.58. The van der Waals surface area contributed by atoms with Crippen molar-refractivity contribution >= 4 is 5.97 Å². The molecule has 66 valence electrons. The number of carbonyl (C=O) groups is 1. The third-order valence-corrected chi connectivity index (χ3v) is 1.65. The minimum absolute atomic E-state index is 0.0288. The Morgan fingerprint density at radius 1 is 1.58 bits per heavy atom. The number of carboxylic acids is 1. The molecule has 0 aliphatic heterocycles. The summed E-state index contributed by atoms with van der Waals surface area (Å²) in [4.78, 5) is 10.4. The molecule has 0 radical (unpaired) electrons. The Morgan fingerprint density at radius 2 is 2.33 bits per heavy atom. The number of aromatic carboxylic acids is 1. The van der Waals surface area contributed by atoms with Crippen LogP contribution in [0.2, 0.25) is 0 Å². The van der Waals surface area contributed by atoms with Crippen molar-refractivity contribution in [2.24, 2.45) is 0 Å². The van der Waals surface area contributed by atoms with Gasteiger partial charge in [0.05, 0.1) is 0 Å². The number of furan rings is 1. The molecule has 0 aliphatic carbocycles. The molecule has 3 heteroatoms. The average molecular weight is 168 g/mol. The molecular formula is C9H12O3. The smallest absolute Gasteiger partial charge is 0.371 e. The maximum Gasteiger partial charge on any atom is 0.371 e. The Hall–Kier alpha value is -1.25. The van der Waals surface area contributed by atoms with Crippen molar-refractivity contribution in [2.75, 3.05) is 0 Å². The van der Waals surface area contributed by atoms with Gasteiger partial charge in [-0.2, -0.15) is 0 Å². The van der Waals surface area contributed by atoms with Crippen LogP contribution in [-0.4, -0.2) is 11.1 Å². The van der Waals surface area contributed by atoms with E-state index in [-0.39, 0.29) is 5.76 Å². The molecule has 1 aromatic heterocycles. The maximum absolute atomic E-state index is 10.4. The first-order valence-corrected chi connectivity index (χ1v) is 4.06. The highest BCUT2D eigenvalue weighted by molar-refractivity contribution is 5.84. The predicted octanol–water partition coefficient (Wildman–Crippen LogP) is 2.32. The highest BCUT2D eigenvalue weighted by atomic mass is 16.4. The van der Waals surface area contributed by atoms with Crippen LogP contribution in [0.3, 0.4) is 0 Å². The van der Waals surface area contributed by atoms with Gasteiger partial charge in [-0.1, -0.05) is 13.3 Å². The van der Waals surface area contributed by atoms with E-state index in [0.717, 1.165) is 25.0 Å². The number of unbranched alkanes of at least 4 members (excludes halogenated alkanes) is 1. The van der Waals surface area contributed by atoms with E-state index >= 15 is 0 Å². The molecule has 0 saturated carbocycles. The Kier molecular flexibility index (Phi) is 2.91. The van der Waals surface area contributed by atoms with E-state index in [1.807, 2.05) is 0 Å². The van der Waals surface area contributed by atoms with Crippen molar-refractivity contribution in [2.45, 2.75) is 26.2 Å². The summed E-state index contributed by atoms with van der Waals surface area (Å²) in [5.41, 5.74) is 0. The molecule has 12 heavy (non-hydrogen) atoms. The normalized spacial score (nSPS) is 10.1. The lowest BCUT2D eigenvalue weighted by molar-refractivity contribution is 0.0660. The van der Waals surface area contributed by atoms with Crippen molar-refractivity contribution in [3.63, 3.8) is 0 Å². The Morgan fingerprint density at radius 3 is 2.83 bits per heavy atom. The summed E-state index contributed by atoms with van der Waals surface area (Å²) in [6.07, 6.45) is 2.94. The molecular weight excluding hydrogens is 156 g/mol. The van der Waals surface area contributed by atoms with E-state index in [4.69, 9.17) is 9.52 Å². The lowest BCUT2D eigenvalue weighted by Gasteiger charge is -1.92. The second-order valence-corrected chi connectivity index (χ2v) is 2.67. The largest absolute Gasteiger partial charge is 0.475 e. The second-order valence-electron chi connectivity index (χ2n) is 2.67. The van der Waals surface area contributed by atoms with Crippen LogP contribution in [0.25, 0.3) is 0 Å². The summed E-state index contributed by atoms with van der Waals surface area (Å²) in [7, 11) is 0. The SMILES string of the molecule is CCCCc1ccc(C(=O)O)o1. The lowest BCUT2D eigenvalue weighted by Crippen LogP contribution is -1.91. The molecule has 0 amide bonds. The first kappa shape index (κ1) is 8.84. The van der Waals surface area contributed by atoms with Crippen LogP contribution in [0.5, 0.6) is 0 Å². The Bertz CT molecular complexity index is 262. The van der Waals surface area contributed by atoms with Crippen molar-refractivity contribution in [3.05, 3.63) is 23.7 Å². The monoisotopic (exact) mass is 168 g/mol. The summed E-state index contributed by atoms with van der Waals surface area (Å²) in [5, 5.41) is 8.53. The molecule has 0 unspecified atom stereocenters. The molecule has 0 atom stereocenters. The van der Waals surface area contributed by atoms with Gasteiger partial charge in [-0.15, -0.1) is 0 Å². The summed E-state index contributed by atoms with van der Waals surface area (Å²) in [6.45, 7) is 2.08. The molecule has 1 heterocycles. The summed E-state index contributed by atoms with van der Waals surface area (Å²) in [6, 6.07) is 3.21. The summed E-state index contributed by atoms with van der Waals surface area (Å²) >= 11 is 0.